The van der Waals surface area contributed by atoms with Crippen LogP contribution in [0.3, 0.4) is 0 Å². The van der Waals surface area contributed by atoms with Gasteiger partial charge in [-0.25, -0.2) is 5.90 Å². The molecule has 1 aromatic rings. The highest BCUT2D eigenvalue weighted by molar-refractivity contribution is 5.33. The number of benzene rings is 1. The quantitative estimate of drug-likeness (QED) is 0.724. The summed E-state index contributed by atoms with van der Waals surface area (Å²) in [6.45, 7) is 1.69. The van der Waals surface area contributed by atoms with E-state index in [2.05, 4.69) is 4.84 Å². The number of ether oxygens (including phenoxy) is 2. The molecule has 0 radical (unpaired) electrons. The van der Waals surface area contributed by atoms with Crippen LogP contribution in [-0.4, -0.2) is 19.3 Å². The number of para-hydroxylation sites is 1. The van der Waals surface area contributed by atoms with Crippen molar-refractivity contribution in [2.45, 2.75) is 12.7 Å². The first kappa shape index (κ1) is 9.45. The van der Waals surface area contributed by atoms with Gasteiger partial charge >= 0.3 is 0 Å². The fraction of sp³-hybridized carbons (Fsp3) is 0.400. The summed E-state index contributed by atoms with van der Waals surface area (Å²) < 4.78 is 10.7. The molecule has 0 unspecified atom stereocenters. The van der Waals surface area contributed by atoms with Crippen LogP contribution in [0.25, 0.3) is 0 Å². The van der Waals surface area contributed by atoms with E-state index in [0.717, 1.165) is 11.3 Å². The number of nitrogens with two attached hydrogens (primary N) is 1. The summed E-state index contributed by atoms with van der Waals surface area (Å²) in [5.74, 6) is 5.85. The summed E-state index contributed by atoms with van der Waals surface area (Å²) in [7, 11) is 0. The van der Waals surface area contributed by atoms with Crippen LogP contribution in [0, 0.1) is 0 Å². The molecule has 0 amide bonds. The first-order valence-corrected chi connectivity index (χ1v) is 4.54. The predicted octanol–water partition coefficient (Wildman–Crippen LogP) is 0.854. The summed E-state index contributed by atoms with van der Waals surface area (Å²) in [6.07, 6.45) is 0.175. The second-order valence-electron chi connectivity index (χ2n) is 3.20. The van der Waals surface area contributed by atoms with Gasteiger partial charge < -0.3 is 9.47 Å². The minimum absolute atomic E-state index is 0.175. The van der Waals surface area contributed by atoms with Crippen LogP contribution in [0.1, 0.15) is 5.56 Å². The molecule has 1 heterocycles. The standard InChI is InChI=1S/C10H13NO3/c11-13-5-8-3-1-2-4-10(8)14-9-6-12-7-9/h1-4,9H,5-7,11H2. The zero-order valence-electron chi connectivity index (χ0n) is 7.81. The Morgan fingerprint density at radius 2 is 2.14 bits per heavy atom. The van der Waals surface area contributed by atoms with Gasteiger partial charge in [0.15, 0.2) is 0 Å². The van der Waals surface area contributed by atoms with E-state index in [0.29, 0.717) is 19.8 Å². The van der Waals surface area contributed by atoms with Crippen LogP contribution in [0.4, 0.5) is 0 Å². The first-order chi connectivity index (χ1) is 6.90. The minimum Gasteiger partial charge on any atom is -0.485 e. The smallest absolute Gasteiger partial charge is 0.145 e. The van der Waals surface area contributed by atoms with Crippen molar-refractivity contribution in [3.8, 4) is 5.75 Å². The molecule has 2 rings (SSSR count). The van der Waals surface area contributed by atoms with E-state index in [1.807, 2.05) is 24.3 Å². The van der Waals surface area contributed by atoms with Crippen molar-refractivity contribution in [3.63, 3.8) is 0 Å². The minimum atomic E-state index is 0.175. The van der Waals surface area contributed by atoms with E-state index in [9.17, 15) is 0 Å². The van der Waals surface area contributed by atoms with Gasteiger partial charge in [0.2, 0.25) is 0 Å². The molecule has 0 bridgehead atoms. The summed E-state index contributed by atoms with van der Waals surface area (Å²) in [5.41, 5.74) is 0.960. The average Bonchev–Trinajstić information content (AvgIpc) is 2.14. The zero-order valence-corrected chi connectivity index (χ0v) is 7.81. The van der Waals surface area contributed by atoms with Gasteiger partial charge in [0.25, 0.3) is 0 Å². The second-order valence-corrected chi connectivity index (χ2v) is 3.20. The van der Waals surface area contributed by atoms with E-state index in [-0.39, 0.29) is 6.10 Å². The van der Waals surface area contributed by atoms with Crippen molar-refractivity contribution in [3.05, 3.63) is 29.8 Å². The molecule has 76 valence electrons. The molecule has 14 heavy (non-hydrogen) atoms. The van der Waals surface area contributed by atoms with Gasteiger partial charge in [-0.05, 0) is 6.07 Å². The fourth-order valence-corrected chi connectivity index (χ4v) is 1.29. The van der Waals surface area contributed by atoms with Crippen LogP contribution < -0.4 is 10.6 Å². The molecule has 1 fully saturated rings. The highest BCUT2D eigenvalue weighted by atomic mass is 16.6. The van der Waals surface area contributed by atoms with Gasteiger partial charge in [-0.1, -0.05) is 18.2 Å². The van der Waals surface area contributed by atoms with E-state index in [4.69, 9.17) is 15.4 Å². The summed E-state index contributed by atoms with van der Waals surface area (Å²) in [4.78, 5) is 4.59. The van der Waals surface area contributed by atoms with Gasteiger partial charge in [0, 0.05) is 5.56 Å². The van der Waals surface area contributed by atoms with Gasteiger partial charge in [0.1, 0.15) is 11.9 Å². The van der Waals surface area contributed by atoms with Crippen LogP contribution >= 0.6 is 0 Å². The second kappa shape index (κ2) is 4.41. The lowest BCUT2D eigenvalue weighted by molar-refractivity contribution is -0.0804. The topological polar surface area (TPSA) is 53.7 Å². The third kappa shape index (κ3) is 2.04. The molecule has 2 N–H and O–H groups in total. The molecule has 0 saturated carbocycles. The highest BCUT2D eigenvalue weighted by Crippen LogP contribution is 2.21. The Balaban J connectivity index is 2.05. The maximum Gasteiger partial charge on any atom is 0.145 e. The molecular formula is C10H13NO3. The van der Waals surface area contributed by atoms with Crippen molar-refractivity contribution in [2.24, 2.45) is 5.90 Å². The molecular weight excluding hydrogens is 182 g/mol. The monoisotopic (exact) mass is 195 g/mol. The van der Waals surface area contributed by atoms with E-state index < -0.39 is 0 Å². The molecule has 0 spiro atoms. The lowest BCUT2D eigenvalue weighted by atomic mass is 10.2. The maximum atomic E-state index is 5.67. The summed E-state index contributed by atoms with van der Waals surface area (Å²) in [5, 5.41) is 0. The maximum absolute atomic E-state index is 5.67. The normalized spacial score (nSPS) is 16.4. The van der Waals surface area contributed by atoms with Gasteiger partial charge in [-0.2, -0.15) is 0 Å². The van der Waals surface area contributed by atoms with Crippen LogP contribution in [0.5, 0.6) is 5.75 Å². The Morgan fingerprint density at radius 1 is 1.36 bits per heavy atom. The van der Waals surface area contributed by atoms with Crippen LogP contribution in [0.2, 0.25) is 0 Å². The molecule has 0 atom stereocenters. The zero-order chi connectivity index (χ0) is 9.80. The molecule has 4 heteroatoms. The fourth-order valence-electron chi connectivity index (χ4n) is 1.29. The molecule has 1 aliphatic heterocycles. The van der Waals surface area contributed by atoms with Crippen molar-refractivity contribution < 1.29 is 14.3 Å². The summed E-state index contributed by atoms with van der Waals surface area (Å²) >= 11 is 0. The first-order valence-electron chi connectivity index (χ1n) is 4.54. The molecule has 0 aliphatic carbocycles. The summed E-state index contributed by atoms with van der Waals surface area (Å²) in [6, 6.07) is 7.70. The van der Waals surface area contributed by atoms with Crippen molar-refractivity contribution in [1.29, 1.82) is 0 Å². The molecule has 4 nitrogen and oxygen atoms in total. The lowest BCUT2D eigenvalue weighted by Crippen LogP contribution is -2.38. The Kier molecular flexibility index (Phi) is 2.98. The van der Waals surface area contributed by atoms with Gasteiger partial charge in [0.05, 0.1) is 19.8 Å². The number of hydrogen-bond acceptors (Lipinski definition) is 4. The van der Waals surface area contributed by atoms with E-state index >= 15 is 0 Å². The van der Waals surface area contributed by atoms with E-state index in [1.54, 1.807) is 0 Å². The van der Waals surface area contributed by atoms with Crippen molar-refractivity contribution in [2.75, 3.05) is 13.2 Å². The van der Waals surface area contributed by atoms with Gasteiger partial charge in [-0.3, -0.25) is 4.84 Å². The lowest BCUT2D eigenvalue weighted by Gasteiger charge is -2.27. The Morgan fingerprint density at radius 3 is 2.79 bits per heavy atom. The Bertz CT molecular complexity index is 299. The predicted molar refractivity (Wildman–Crippen MR) is 50.7 cm³/mol. The van der Waals surface area contributed by atoms with Gasteiger partial charge in [-0.15, -0.1) is 0 Å². The average molecular weight is 195 g/mol. The molecule has 1 aliphatic rings. The molecule has 0 aromatic heterocycles. The largest absolute Gasteiger partial charge is 0.485 e. The van der Waals surface area contributed by atoms with Crippen LogP contribution in [0.15, 0.2) is 24.3 Å². The number of rotatable bonds is 4. The molecule has 1 saturated heterocycles. The third-order valence-corrected chi connectivity index (χ3v) is 2.11. The Labute approximate surface area is 82.5 Å². The SMILES string of the molecule is NOCc1ccccc1OC1COC1. The number of hydrogen-bond donors (Lipinski definition) is 1. The van der Waals surface area contributed by atoms with Crippen molar-refractivity contribution >= 4 is 0 Å². The van der Waals surface area contributed by atoms with Crippen LogP contribution in [-0.2, 0) is 16.2 Å². The van der Waals surface area contributed by atoms with Crippen molar-refractivity contribution in [1.82, 2.24) is 0 Å². The Hall–Kier alpha value is -1.10. The molecule has 1 aromatic carbocycles. The van der Waals surface area contributed by atoms with E-state index in [1.165, 1.54) is 0 Å². The highest BCUT2D eigenvalue weighted by Gasteiger charge is 2.20. The third-order valence-electron chi connectivity index (χ3n) is 2.11.